The second-order valence-corrected chi connectivity index (χ2v) is 11.5. The number of hydrogen-bond donors (Lipinski definition) is 2. The van der Waals surface area contributed by atoms with Crippen molar-refractivity contribution in [2.45, 2.75) is 64.1 Å². The molecule has 200 valence electrons. The molecule has 4 rings (SSSR count). The van der Waals surface area contributed by atoms with Gasteiger partial charge in [0.2, 0.25) is 0 Å². The third-order valence-corrected chi connectivity index (χ3v) is 8.42. The predicted molar refractivity (Wildman–Crippen MR) is 152 cm³/mol. The van der Waals surface area contributed by atoms with Crippen LogP contribution in [0, 0.1) is 6.92 Å². The molecular formula is C30H41N3O3S. The number of carbonyl (C=O) groups is 2. The van der Waals surface area contributed by atoms with E-state index in [1.807, 2.05) is 36.6 Å². The van der Waals surface area contributed by atoms with Crippen LogP contribution in [0.15, 0.2) is 42.5 Å². The number of aryl methyl sites for hydroxylation is 1. The van der Waals surface area contributed by atoms with Gasteiger partial charge in [-0.25, -0.2) is 4.79 Å². The Labute approximate surface area is 225 Å². The number of carboxylic acids is 1. The number of rotatable bonds is 11. The average molecular weight is 524 g/mol. The van der Waals surface area contributed by atoms with Crippen molar-refractivity contribution in [3.8, 4) is 11.1 Å². The second kappa shape index (κ2) is 13.4. The fourth-order valence-corrected chi connectivity index (χ4v) is 6.17. The van der Waals surface area contributed by atoms with Crippen LogP contribution in [-0.4, -0.2) is 77.1 Å². The molecule has 7 heteroatoms. The quantitative estimate of drug-likeness (QED) is 0.430. The zero-order valence-corrected chi connectivity index (χ0v) is 23.1. The standard InChI is InChI=1S/C30H41N3O3S/c1-22-9-4-5-11-25(22)27-19-23(12-13-26(27)29(34)31-28(30(35)36)14-18-37-2)20-33-17-8-10-24(33)21-32-15-6-3-7-16-32/h4-5,9,11-13,19,24,28H,3,6-8,10,14-18,20-21H2,1-2H3,(H,31,34)(H,35,36)/t24-,28-/m0/s1. The molecule has 2 saturated heterocycles. The van der Waals surface area contributed by atoms with Gasteiger partial charge in [0.1, 0.15) is 6.04 Å². The Morgan fingerprint density at radius 3 is 2.57 bits per heavy atom. The molecule has 2 aliphatic rings. The number of nitrogens with zero attached hydrogens (tertiary/aromatic N) is 2. The van der Waals surface area contributed by atoms with Crippen LogP contribution < -0.4 is 5.32 Å². The summed E-state index contributed by atoms with van der Waals surface area (Å²) in [6.45, 7) is 7.62. The van der Waals surface area contributed by atoms with Crippen molar-refractivity contribution < 1.29 is 14.7 Å². The van der Waals surface area contributed by atoms with Gasteiger partial charge in [0, 0.05) is 24.7 Å². The van der Waals surface area contributed by atoms with Gasteiger partial charge >= 0.3 is 5.97 Å². The summed E-state index contributed by atoms with van der Waals surface area (Å²) in [4.78, 5) is 30.4. The van der Waals surface area contributed by atoms with Crippen molar-refractivity contribution in [2.75, 3.05) is 38.2 Å². The highest BCUT2D eigenvalue weighted by Crippen LogP contribution is 2.30. The molecule has 37 heavy (non-hydrogen) atoms. The van der Waals surface area contributed by atoms with Gasteiger partial charge in [-0.1, -0.05) is 36.8 Å². The third-order valence-electron chi connectivity index (χ3n) is 7.78. The molecule has 0 unspecified atom stereocenters. The van der Waals surface area contributed by atoms with Crippen molar-refractivity contribution in [3.63, 3.8) is 0 Å². The fourth-order valence-electron chi connectivity index (χ4n) is 5.70. The molecule has 0 aliphatic carbocycles. The Hall–Kier alpha value is -2.35. The largest absolute Gasteiger partial charge is 0.480 e. The van der Waals surface area contributed by atoms with Crippen LogP contribution in [0.25, 0.3) is 11.1 Å². The normalized spacial score (nSPS) is 19.6. The molecule has 2 fully saturated rings. The van der Waals surface area contributed by atoms with Crippen LogP contribution in [0.3, 0.4) is 0 Å². The van der Waals surface area contributed by atoms with Gasteiger partial charge in [-0.05, 0) is 105 Å². The van der Waals surface area contributed by atoms with Crippen molar-refractivity contribution in [1.29, 1.82) is 0 Å². The van der Waals surface area contributed by atoms with Gasteiger partial charge < -0.3 is 15.3 Å². The molecule has 0 bridgehead atoms. The number of likely N-dealkylation sites (tertiary alicyclic amines) is 2. The number of thioether (sulfide) groups is 1. The zero-order chi connectivity index (χ0) is 26.2. The first-order valence-corrected chi connectivity index (χ1v) is 15.0. The van der Waals surface area contributed by atoms with Gasteiger partial charge in [0.25, 0.3) is 5.91 Å². The van der Waals surface area contributed by atoms with E-state index in [1.165, 1.54) is 50.8 Å². The summed E-state index contributed by atoms with van der Waals surface area (Å²) in [6.07, 6.45) is 8.80. The number of carboxylic acid groups (broad SMARTS) is 1. The van der Waals surface area contributed by atoms with Crippen molar-refractivity contribution in [3.05, 3.63) is 59.2 Å². The topological polar surface area (TPSA) is 72.9 Å². The number of nitrogens with one attached hydrogen (secondary N) is 1. The van der Waals surface area contributed by atoms with E-state index >= 15 is 0 Å². The van der Waals surface area contributed by atoms with E-state index in [1.54, 1.807) is 11.8 Å². The van der Waals surface area contributed by atoms with Crippen LogP contribution in [-0.2, 0) is 11.3 Å². The molecule has 0 spiro atoms. The van der Waals surface area contributed by atoms with E-state index in [0.717, 1.165) is 36.3 Å². The van der Waals surface area contributed by atoms with Crippen LogP contribution in [0.5, 0.6) is 0 Å². The molecule has 0 radical (unpaired) electrons. The lowest BCUT2D eigenvalue weighted by Gasteiger charge is -2.33. The number of aliphatic carboxylic acids is 1. The highest BCUT2D eigenvalue weighted by molar-refractivity contribution is 7.98. The summed E-state index contributed by atoms with van der Waals surface area (Å²) < 4.78 is 0. The Morgan fingerprint density at radius 2 is 1.84 bits per heavy atom. The van der Waals surface area contributed by atoms with E-state index in [-0.39, 0.29) is 5.91 Å². The molecule has 2 heterocycles. The summed E-state index contributed by atoms with van der Waals surface area (Å²) in [6, 6.07) is 13.8. The number of carbonyl (C=O) groups excluding carboxylic acids is 1. The number of piperidine rings is 1. The van der Waals surface area contributed by atoms with E-state index < -0.39 is 12.0 Å². The number of amides is 1. The molecule has 6 nitrogen and oxygen atoms in total. The van der Waals surface area contributed by atoms with Crippen LogP contribution in [0.2, 0.25) is 0 Å². The second-order valence-electron chi connectivity index (χ2n) is 10.5. The maximum absolute atomic E-state index is 13.4. The molecule has 1 amide bonds. The summed E-state index contributed by atoms with van der Waals surface area (Å²) >= 11 is 1.58. The SMILES string of the molecule is CSCC[C@H](NC(=O)c1ccc(CN2CCC[C@H]2CN2CCCCC2)cc1-c1ccccc1C)C(=O)O. The first-order valence-electron chi connectivity index (χ1n) is 13.6. The Bertz CT molecular complexity index is 1070. The van der Waals surface area contributed by atoms with Gasteiger partial charge in [0.05, 0.1) is 0 Å². The third kappa shape index (κ3) is 7.37. The average Bonchev–Trinajstić information content (AvgIpc) is 3.33. The van der Waals surface area contributed by atoms with Crippen molar-refractivity contribution in [2.24, 2.45) is 0 Å². The van der Waals surface area contributed by atoms with E-state index in [2.05, 4.69) is 34.2 Å². The monoisotopic (exact) mass is 523 g/mol. The maximum atomic E-state index is 13.4. The summed E-state index contributed by atoms with van der Waals surface area (Å²) in [5.41, 5.74) is 4.69. The zero-order valence-electron chi connectivity index (χ0n) is 22.2. The first kappa shape index (κ1) is 27.7. The molecule has 2 aromatic carbocycles. The van der Waals surface area contributed by atoms with E-state index in [4.69, 9.17) is 0 Å². The number of benzene rings is 2. The molecular weight excluding hydrogens is 482 g/mol. The maximum Gasteiger partial charge on any atom is 0.326 e. The Morgan fingerprint density at radius 1 is 1.05 bits per heavy atom. The minimum Gasteiger partial charge on any atom is -0.480 e. The smallest absolute Gasteiger partial charge is 0.326 e. The fraction of sp³-hybridized carbons (Fsp3) is 0.533. The Kier molecular flexibility index (Phi) is 10.1. The highest BCUT2D eigenvalue weighted by Gasteiger charge is 2.28. The minimum absolute atomic E-state index is 0.331. The van der Waals surface area contributed by atoms with Crippen LogP contribution in [0.4, 0.5) is 0 Å². The lowest BCUT2D eigenvalue weighted by molar-refractivity contribution is -0.139. The number of hydrogen-bond acceptors (Lipinski definition) is 5. The molecule has 2 aliphatic heterocycles. The van der Waals surface area contributed by atoms with E-state index in [9.17, 15) is 14.7 Å². The van der Waals surface area contributed by atoms with Gasteiger partial charge in [-0.15, -0.1) is 0 Å². The molecule has 0 saturated carbocycles. The predicted octanol–water partition coefficient (Wildman–Crippen LogP) is 5.05. The van der Waals surface area contributed by atoms with Crippen molar-refractivity contribution >= 4 is 23.6 Å². The summed E-state index contributed by atoms with van der Waals surface area (Å²) in [5, 5.41) is 12.4. The van der Waals surface area contributed by atoms with Gasteiger partial charge in [-0.2, -0.15) is 11.8 Å². The Balaban J connectivity index is 1.57. The highest BCUT2D eigenvalue weighted by atomic mass is 32.2. The molecule has 2 aromatic rings. The molecule has 0 aromatic heterocycles. The molecule has 2 atom stereocenters. The lowest BCUT2D eigenvalue weighted by atomic mass is 9.93. The minimum atomic E-state index is -0.995. The lowest BCUT2D eigenvalue weighted by Crippen LogP contribution is -2.42. The van der Waals surface area contributed by atoms with Gasteiger partial charge in [-0.3, -0.25) is 9.69 Å². The van der Waals surface area contributed by atoms with Crippen molar-refractivity contribution in [1.82, 2.24) is 15.1 Å². The summed E-state index contributed by atoms with van der Waals surface area (Å²) in [5.74, 6) is -0.650. The first-order chi connectivity index (χ1) is 18.0. The van der Waals surface area contributed by atoms with E-state index in [0.29, 0.717) is 23.8 Å². The van der Waals surface area contributed by atoms with Crippen LogP contribution in [0.1, 0.15) is 60.0 Å². The molecule has 2 N–H and O–H groups in total. The van der Waals surface area contributed by atoms with Crippen LogP contribution >= 0.6 is 11.8 Å². The van der Waals surface area contributed by atoms with Gasteiger partial charge in [0.15, 0.2) is 0 Å². The summed E-state index contributed by atoms with van der Waals surface area (Å²) in [7, 11) is 0.